The van der Waals surface area contributed by atoms with E-state index in [9.17, 15) is 4.79 Å². The minimum atomic E-state index is -0.0478. The molecule has 3 rings (SSSR count). The minimum absolute atomic E-state index is 0.0478. The number of aliphatic imine (C=N–C) groups is 1. The first-order chi connectivity index (χ1) is 15.1. The van der Waals surface area contributed by atoms with E-state index >= 15 is 0 Å². The highest BCUT2D eigenvalue weighted by Gasteiger charge is 2.25. The van der Waals surface area contributed by atoms with E-state index in [4.69, 9.17) is 9.73 Å². The number of benzene rings is 2. The van der Waals surface area contributed by atoms with Gasteiger partial charge >= 0.3 is 0 Å². The Morgan fingerprint density at radius 3 is 2.55 bits per heavy atom. The second-order valence-corrected chi connectivity index (χ2v) is 7.50. The predicted molar refractivity (Wildman–Crippen MR) is 126 cm³/mol. The maximum atomic E-state index is 11.9. The van der Waals surface area contributed by atoms with Gasteiger partial charge in [-0.15, -0.1) is 0 Å². The van der Waals surface area contributed by atoms with Crippen LogP contribution in [0, 0.1) is 0 Å². The van der Waals surface area contributed by atoms with Crippen LogP contribution in [-0.2, 0) is 6.54 Å². The number of hydrogen-bond donors (Lipinski definition) is 3. The van der Waals surface area contributed by atoms with Gasteiger partial charge in [0.25, 0.3) is 5.91 Å². The van der Waals surface area contributed by atoms with Crippen molar-refractivity contribution in [3.63, 3.8) is 0 Å². The van der Waals surface area contributed by atoms with Crippen molar-refractivity contribution < 1.29 is 9.53 Å². The fourth-order valence-electron chi connectivity index (χ4n) is 3.70. The molecule has 1 fully saturated rings. The van der Waals surface area contributed by atoms with Crippen molar-refractivity contribution >= 4 is 17.6 Å². The molecule has 1 aliphatic heterocycles. The number of anilines is 1. The van der Waals surface area contributed by atoms with Crippen LogP contribution >= 0.6 is 0 Å². The lowest BCUT2D eigenvalue weighted by Crippen LogP contribution is -2.44. The highest BCUT2D eigenvalue weighted by Crippen LogP contribution is 2.30. The van der Waals surface area contributed by atoms with Gasteiger partial charge < -0.3 is 25.6 Å². The molecule has 1 unspecified atom stereocenters. The smallest absolute Gasteiger partial charge is 0.251 e. The molecule has 0 spiro atoms. The van der Waals surface area contributed by atoms with Crippen LogP contribution in [0.1, 0.15) is 36.2 Å². The number of nitrogens with zero attached hydrogens (tertiary/aromatic N) is 2. The van der Waals surface area contributed by atoms with Crippen molar-refractivity contribution in [3.05, 3.63) is 59.7 Å². The molecular weight excluding hydrogens is 390 g/mol. The summed E-state index contributed by atoms with van der Waals surface area (Å²) in [5.74, 6) is 1.66. The third-order valence-electron chi connectivity index (χ3n) is 5.27. The van der Waals surface area contributed by atoms with Crippen LogP contribution in [0.25, 0.3) is 0 Å². The number of carbonyl (C=O) groups is 1. The second kappa shape index (κ2) is 11.2. The lowest BCUT2D eigenvalue weighted by Gasteiger charge is -2.22. The van der Waals surface area contributed by atoms with E-state index in [1.807, 2.05) is 49.4 Å². The normalized spacial score (nSPS) is 16.2. The van der Waals surface area contributed by atoms with E-state index in [1.54, 1.807) is 7.11 Å². The van der Waals surface area contributed by atoms with Crippen LogP contribution in [0.3, 0.4) is 0 Å². The maximum Gasteiger partial charge on any atom is 0.251 e. The average Bonchev–Trinajstić information content (AvgIpc) is 3.26. The number of amides is 1. The first kappa shape index (κ1) is 22.5. The van der Waals surface area contributed by atoms with E-state index in [1.165, 1.54) is 0 Å². The van der Waals surface area contributed by atoms with Crippen LogP contribution in [0.4, 0.5) is 5.69 Å². The summed E-state index contributed by atoms with van der Waals surface area (Å²) in [6.45, 7) is 7.81. The Hall–Kier alpha value is -3.22. The lowest BCUT2D eigenvalue weighted by atomic mass is 10.1. The fraction of sp³-hybridized carbons (Fsp3) is 0.417. The van der Waals surface area contributed by atoms with Gasteiger partial charge in [-0.05, 0) is 50.1 Å². The molecule has 31 heavy (non-hydrogen) atoms. The summed E-state index contributed by atoms with van der Waals surface area (Å²) in [5.41, 5.74) is 2.86. The quantitative estimate of drug-likeness (QED) is 0.450. The monoisotopic (exact) mass is 423 g/mol. The molecule has 1 aliphatic rings. The zero-order valence-electron chi connectivity index (χ0n) is 18.6. The highest BCUT2D eigenvalue weighted by molar-refractivity contribution is 5.94. The van der Waals surface area contributed by atoms with Gasteiger partial charge in [-0.25, -0.2) is 4.99 Å². The van der Waals surface area contributed by atoms with Gasteiger partial charge in [0.05, 0.1) is 19.3 Å². The van der Waals surface area contributed by atoms with E-state index in [-0.39, 0.29) is 5.91 Å². The summed E-state index contributed by atoms with van der Waals surface area (Å²) in [6, 6.07) is 16.0. The van der Waals surface area contributed by atoms with Crippen molar-refractivity contribution in [1.82, 2.24) is 16.0 Å². The van der Waals surface area contributed by atoms with Gasteiger partial charge in [0.2, 0.25) is 0 Å². The lowest BCUT2D eigenvalue weighted by molar-refractivity contribution is 0.0956. The number of hydrogen-bond acceptors (Lipinski definition) is 4. The average molecular weight is 424 g/mol. The van der Waals surface area contributed by atoms with E-state index in [2.05, 4.69) is 33.8 Å². The highest BCUT2D eigenvalue weighted by atomic mass is 16.5. The predicted octanol–water partition coefficient (Wildman–Crippen LogP) is 2.78. The molecule has 0 bridgehead atoms. The topological polar surface area (TPSA) is 78.0 Å². The maximum absolute atomic E-state index is 11.9. The molecule has 2 aromatic carbocycles. The van der Waals surface area contributed by atoms with E-state index in [0.717, 1.165) is 49.0 Å². The molecule has 1 amide bonds. The number of ether oxygens (including phenoxy) is 1. The summed E-state index contributed by atoms with van der Waals surface area (Å²) in [5, 5.41) is 9.71. The zero-order valence-corrected chi connectivity index (χ0v) is 18.6. The molecular formula is C24H33N5O2. The first-order valence-electron chi connectivity index (χ1n) is 10.9. The number of rotatable bonds is 8. The van der Waals surface area contributed by atoms with Gasteiger partial charge in [-0.2, -0.15) is 0 Å². The summed E-state index contributed by atoms with van der Waals surface area (Å²) < 4.78 is 5.51. The number of para-hydroxylation sites is 2. The molecule has 2 aromatic rings. The summed E-state index contributed by atoms with van der Waals surface area (Å²) in [7, 11) is 1.71. The van der Waals surface area contributed by atoms with Crippen molar-refractivity contribution in [2.45, 2.75) is 32.9 Å². The molecule has 0 saturated carbocycles. The van der Waals surface area contributed by atoms with Gasteiger partial charge in [-0.3, -0.25) is 4.79 Å². The van der Waals surface area contributed by atoms with Crippen molar-refractivity contribution in [2.75, 3.05) is 38.2 Å². The largest absolute Gasteiger partial charge is 0.495 e. The second-order valence-electron chi connectivity index (χ2n) is 7.50. The molecule has 3 N–H and O–H groups in total. The Balaban J connectivity index is 1.59. The summed E-state index contributed by atoms with van der Waals surface area (Å²) >= 11 is 0. The zero-order chi connectivity index (χ0) is 22.1. The molecule has 7 heteroatoms. The molecule has 7 nitrogen and oxygen atoms in total. The summed E-state index contributed by atoms with van der Waals surface area (Å²) in [6.07, 6.45) is 1.03. The van der Waals surface area contributed by atoms with E-state index < -0.39 is 0 Å². The third-order valence-corrected chi connectivity index (χ3v) is 5.27. The standard InChI is InChI=1S/C24H33N5O2/c1-4-25-23(30)19-12-10-18(11-13-19)16-27-24(26-5-2)28-20-14-15-29(17-20)21-8-6-7-9-22(21)31-3/h6-13,20H,4-5,14-17H2,1-3H3,(H,25,30)(H2,26,27,28). The van der Waals surface area contributed by atoms with Gasteiger partial charge in [0, 0.05) is 37.8 Å². The first-order valence-corrected chi connectivity index (χ1v) is 10.9. The Kier molecular flexibility index (Phi) is 8.15. The van der Waals surface area contributed by atoms with Gasteiger partial charge in [0.1, 0.15) is 5.75 Å². The van der Waals surface area contributed by atoms with Crippen LogP contribution in [0.5, 0.6) is 5.75 Å². The number of nitrogens with one attached hydrogen (secondary N) is 3. The van der Waals surface area contributed by atoms with Gasteiger partial charge in [-0.1, -0.05) is 24.3 Å². The van der Waals surface area contributed by atoms with E-state index in [0.29, 0.717) is 24.7 Å². The van der Waals surface area contributed by atoms with Crippen LogP contribution in [0.2, 0.25) is 0 Å². The molecule has 1 atom stereocenters. The Bertz CT molecular complexity index is 882. The SMILES string of the molecule is CCNC(=O)c1ccc(CN=C(NCC)NC2CCN(c3ccccc3OC)C2)cc1. The number of guanidine groups is 1. The Labute approximate surface area is 184 Å². The summed E-state index contributed by atoms with van der Waals surface area (Å²) in [4.78, 5) is 19.0. The van der Waals surface area contributed by atoms with Crippen LogP contribution < -0.4 is 25.6 Å². The molecule has 166 valence electrons. The molecule has 0 radical (unpaired) electrons. The molecule has 0 aromatic heterocycles. The van der Waals surface area contributed by atoms with Crippen molar-refractivity contribution in [1.29, 1.82) is 0 Å². The number of methoxy groups -OCH3 is 1. The van der Waals surface area contributed by atoms with Crippen LogP contribution in [0.15, 0.2) is 53.5 Å². The van der Waals surface area contributed by atoms with Gasteiger partial charge in [0.15, 0.2) is 5.96 Å². The van der Waals surface area contributed by atoms with Crippen LogP contribution in [-0.4, -0.2) is 51.2 Å². The Morgan fingerprint density at radius 1 is 1.10 bits per heavy atom. The number of carbonyl (C=O) groups excluding carboxylic acids is 1. The Morgan fingerprint density at radius 2 is 1.84 bits per heavy atom. The molecule has 1 heterocycles. The molecule has 0 aliphatic carbocycles. The third kappa shape index (κ3) is 6.13. The minimum Gasteiger partial charge on any atom is -0.495 e. The molecule has 1 saturated heterocycles. The van der Waals surface area contributed by atoms with Crippen molar-refractivity contribution in [2.24, 2.45) is 4.99 Å². The fourth-order valence-corrected chi connectivity index (χ4v) is 3.70. The van der Waals surface area contributed by atoms with Crippen molar-refractivity contribution in [3.8, 4) is 5.75 Å².